The highest BCUT2D eigenvalue weighted by Gasteiger charge is 2.22. The van der Waals surface area contributed by atoms with Crippen LogP contribution in [0, 0.1) is 13.8 Å². The Morgan fingerprint density at radius 2 is 1.62 bits per heavy atom. The molecule has 2 aromatic rings. The van der Waals surface area contributed by atoms with Crippen molar-refractivity contribution in [1.82, 2.24) is 10.2 Å². The summed E-state index contributed by atoms with van der Waals surface area (Å²) in [5.74, 6) is -0.443. The van der Waals surface area contributed by atoms with Gasteiger partial charge in [-0.1, -0.05) is 6.07 Å². The van der Waals surface area contributed by atoms with Crippen LogP contribution in [0.2, 0.25) is 0 Å². The third kappa shape index (κ3) is 6.00. The molecule has 2 aromatic carbocycles. The molecule has 0 saturated carbocycles. The molecule has 0 unspecified atom stereocenters. The van der Waals surface area contributed by atoms with Crippen LogP contribution >= 0.6 is 0 Å². The predicted octanol–water partition coefficient (Wildman–Crippen LogP) is 1.93. The average molecular weight is 440 g/mol. The average Bonchev–Trinajstić information content (AvgIpc) is 2.82. The highest BCUT2D eigenvalue weighted by atomic mass is 16.5. The van der Waals surface area contributed by atoms with E-state index >= 15 is 0 Å². The molecule has 1 aliphatic rings. The number of hydrogen-bond acceptors (Lipinski definition) is 6. The Morgan fingerprint density at radius 1 is 0.938 bits per heavy atom. The molecule has 1 N–H and O–H groups in total. The van der Waals surface area contributed by atoms with Crippen molar-refractivity contribution in [2.75, 3.05) is 51.3 Å². The lowest BCUT2D eigenvalue weighted by Crippen LogP contribution is -2.50. The predicted molar refractivity (Wildman–Crippen MR) is 121 cm³/mol. The standard InChI is InChI=1S/C24H29N3O5/c1-17-4-5-19(14-18(17)2)24(30)25-15-23(29)32-16-22(28)27-12-10-26(11-13-27)20-6-8-21(31-3)9-7-20/h4-9,14H,10-13,15-16H2,1-3H3,(H,25,30). The number of nitrogens with zero attached hydrogens (tertiary/aromatic N) is 2. The van der Waals surface area contributed by atoms with E-state index < -0.39 is 5.97 Å². The van der Waals surface area contributed by atoms with Crippen LogP contribution in [0.25, 0.3) is 0 Å². The third-order valence-electron chi connectivity index (χ3n) is 5.59. The number of hydrogen-bond donors (Lipinski definition) is 1. The number of methoxy groups -OCH3 is 1. The van der Waals surface area contributed by atoms with E-state index in [9.17, 15) is 14.4 Å². The minimum Gasteiger partial charge on any atom is -0.497 e. The highest BCUT2D eigenvalue weighted by molar-refractivity contribution is 5.96. The second-order valence-electron chi connectivity index (χ2n) is 7.71. The molecule has 170 valence electrons. The van der Waals surface area contributed by atoms with Crippen LogP contribution in [0.15, 0.2) is 42.5 Å². The van der Waals surface area contributed by atoms with Gasteiger partial charge in [0, 0.05) is 37.4 Å². The van der Waals surface area contributed by atoms with Gasteiger partial charge >= 0.3 is 5.97 Å². The molecule has 1 heterocycles. The minimum atomic E-state index is -0.646. The first-order chi connectivity index (χ1) is 15.4. The number of anilines is 1. The van der Waals surface area contributed by atoms with Gasteiger partial charge in [0.15, 0.2) is 6.61 Å². The molecule has 0 bridgehead atoms. The van der Waals surface area contributed by atoms with Crippen LogP contribution in [0.4, 0.5) is 5.69 Å². The number of rotatable bonds is 7. The van der Waals surface area contributed by atoms with Gasteiger partial charge in [-0.15, -0.1) is 0 Å². The summed E-state index contributed by atoms with van der Waals surface area (Å²) in [5.41, 5.74) is 3.64. The van der Waals surface area contributed by atoms with Crippen molar-refractivity contribution in [1.29, 1.82) is 0 Å². The number of benzene rings is 2. The van der Waals surface area contributed by atoms with Crippen LogP contribution in [0.5, 0.6) is 5.75 Å². The SMILES string of the molecule is COc1ccc(N2CCN(C(=O)COC(=O)CNC(=O)c3ccc(C)c(C)c3)CC2)cc1. The first-order valence-electron chi connectivity index (χ1n) is 10.5. The van der Waals surface area contributed by atoms with E-state index in [-0.39, 0.29) is 25.0 Å². The van der Waals surface area contributed by atoms with Crippen molar-refractivity contribution in [3.63, 3.8) is 0 Å². The number of ether oxygens (including phenoxy) is 2. The van der Waals surface area contributed by atoms with E-state index in [1.54, 1.807) is 24.1 Å². The van der Waals surface area contributed by atoms with Crippen molar-refractivity contribution in [3.05, 3.63) is 59.2 Å². The quantitative estimate of drug-likeness (QED) is 0.664. The molecule has 1 fully saturated rings. The summed E-state index contributed by atoms with van der Waals surface area (Å²) < 4.78 is 10.2. The second-order valence-corrected chi connectivity index (χ2v) is 7.71. The molecule has 2 amide bonds. The molecule has 0 radical (unpaired) electrons. The summed E-state index contributed by atoms with van der Waals surface area (Å²) in [6.07, 6.45) is 0. The maximum Gasteiger partial charge on any atom is 0.325 e. The fourth-order valence-electron chi connectivity index (χ4n) is 3.43. The monoisotopic (exact) mass is 439 g/mol. The van der Waals surface area contributed by atoms with Crippen molar-refractivity contribution in [2.45, 2.75) is 13.8 Å². The van der Waals surface area contributed by atoms with Crippen molar-refractivity contribution < 1.29 is 23.9 Å². The summed E-state index contributed by atoms with van der Waals surface area (Å²) in [4.78, 5) is 40.4. The molecule has 3 rings (SSSR count). The summed E-state index contributed by atoms with van der Waals surface area (Å²) >= 11 is 0. The van der Waals surface area contributed by atoms with E-state index in [1.165, 1.54) is 0 Å². The van der Waals surface area contributed by atoms with Gasteiger partial charge in [0.25, 0.3) is 11.8 Å². The Morgan fingerprint density at radius 3 is 2.25 bits per heavy atom. The van der Waals surface area contributed by atoms with Gasteiger partial charge in [0.05, 0.1) is 7.11 Å². The zero-order valence-corrected chi connectivity index (χ0v) is 18.7. The van der Waals surface area contributed by atoms with E-state index in [4.69, 9.17) is 9.47 Å². The van der Waals surface area contributed by atoms with Crippen molar-refractivity contribution in [2.24, 2.45) is 0 Å². The maximum absolute atomic E-state index is 12.4. The molecule has 0 aliphatic carbocycles. The molecule has 0 aromatic heterocycles. The van der Waals surface area contributed by atoms with Gasteiger partial charge in [-0.3, -0.25) is 14.4 Å². The number of esters is 1. The van der Waals surface area contributed by atoms with Crippen LogP contribution in [-0.2, 0) is 14.3 Å². The van der Waals surface area contributed by atoms with Crippen molar-refractivity contribution in [3.8, 4) is 5.75 Å². The van der Waals surface area contributed by atoms with E-state index in [1.807, 2.05) is 44.2 Å². The molecule has 32 heavy (non-hydrogen) atoms. The summed E-state index contributed by atoms with van der Waals surface area (Å²) in [5, 5.41) is 2.53. The fraction of sp³-hybridized carbons (Fsp3) is 0.375. The van der Waals surface area contributed by atoms with Crippen molar-refractivity contribution >= 4 is 23.5 Å². The zero-order chi connectivity index (χ0) is 23.1. The lowest BCUT2D eigenvalue weighted by Gasteiger charge is -2.36. The number of carbonyl (C=O) groups is 3. The smallest absolute Gasteiger partial charge is 0.325 e. The summed E-state index contributed by atoms with van der Waals surface area (Å²) in [7, 11) is 1.63. The van der Waals surface area contributed by atoms with Gasteiger partial charge in [-0.25, -0.2) is 0 Å². The molecule has 8 heteroatoms. The molecule has 0 spiro atoms. The van der Waals surface area contributed by atoms with Crippen LogP contribution in [0.3, 0.4) is 0 Å². The Bertz CT molecular complexity index is 966. The summed E-state index contributed by atoms with van der Waals surface area (Å²) in [6, 6.07) is 13.1. The fourth-order valence-corrected chi connectivity index (χ4v) is 3.43. The first kappa shape index (κ1) is 23.1. The van der Waals surface area contributed by atoms with Gasteiger partial charge in [0.1, 0.15) is 12.3 Å². The number of piperazine rings is 1. The normalized spacial score (nSPS) is 13.5. The van der Waals surface area contributed by atoms with E-state index in [0.29, 0.717) is 31.7 Å². The summed E-state index contributed by atoms with van der Waals surface area (Å²) in [6.45, 7) is 5.74. The number of aryl methyl sites for hydroxylation is 2. The van der Waals surface area contributed by atoms with E-state index in [0.717, 1.165) is 22.6 Å². The number of carbonyl (C=O) groups excluding carboxylic acids is 3. The Hall–Kier alpha value is -3.55. The Kier molecular flexibility index (Phi) is 7.70. The minimum absolute atomic E-state index is 0.242. The molecule has 0 atom stereocenters. The second kappa shape index (κ2) is 10.7. The van der Waals surface area contributed by atoms with Gasteiger partial charge in [0.2, 0.25) is 0 Å². The Balaban J connectivity index is 1.38. The zero-order valence-electron chi connectivity index (χ0n) is 18.7. The molecule has 1 saturated heterocycles. The lowest BCUT2D eigenvalue weighted by atomic mass is 10.1. The van der Waals surface area contributed by atoms with Gasteiger partial charge < -0.3 is 24.6 Å². The molecular formula is C24H29N3O5. The van der Waals surface area contributed by atoms with Gasteiger partial charge in [-0.2, -0.15) is 0 Å². The first-order valence-corrected chi connectivity index (χ1v) is 10.5. The highest BCUT2D eigenvalue weighted by Crippen LogP contribution is 2.20. The van der Waals surface area contributed by atoms with Crippen LogP contribution in [0.1, 0.15) is 21.5 Å². The van der Waals surface area contributed by atoms with Gasteiger partial charge in [-0.05, 0) is 61.4 Å². The maximum atomic E-state index is 12.4. The number of nitrogens with one attached hydrogen (secondary N) is 1. The van der Waals surface area contributed by atoms with Crippen LogP contribution in [-0.4, -0.2) is 69.1 Å². The molecule has 8 nitrogen and oxygen atoms in total. The number of amides is 2. The van der Waals surface area contributed by atoms with E-state index in [2.05, 4.69) is 10.2 Å². The largest absolute Gasteiger partial charge is 0.497 e. The lowest BCUT2D eigenvalue weighted by molar-refractivity contribution is -0.151. The van der Waals surface area contributed by atoms with Crippen LogP contribution < -0.4 is 15.0 Å². The topological polar surface area (TPSA) is 88.2 Å². The molecule has 1 aliphatic heterocycles. The molecular weight excluding hydrogens is 410 g/mol. The third-order valence-corrected chi connectivity index (χ3v) is 5.59. The Labute approximate surface area is 188 Å².